The molecule has 3 aliphatic heterocycles. The van der Waals surface area contributed by atoms with Crippen molar-refractivity contribution in [1.29, 1.82) is 5.26 Å². The Morgan fingerprint density at radius 2 is 1.73 bits per heavy atom. The molecule has 2 aromatic carbocycles. The maximum atomic E-state index is 17.5. The van der Waals surface area contributed by atoms with Crippen LogP contribution in [0.3, 0.4) is 0 Å². The molecule has 0 spiro atoms. The van der Waals surface area contributed by atoms with Gasteiger partial charge in [-0.05, 0) is 91.3 Å². The van der Waals surface area contributed by atoms with Crippen LogP contribution in [0.4, 0.5) is 33.6 Å². The van der Waals surface area contributed by atoms with Gasteiger partial charge in [-0.15, -0.1) is 11.3 Å². The van der Waals surface area contributed by atoms with Crippen molar-refractivity contribution in [1.82, 2.24) is 19.8 Å². The van der Waals surface area contributed by atoms with Crippen LogP contribution < -0.4 is 15.0 Å². The van der Waals surface area contributed by atoms with Crippen molar-refractivity contribution in [3.8, 4) is 23.2 Å². The van der Waals surface area contributed by atoms with Crippen LogP contribution in [0.2, 0.25) is 5.02 Å². The van der Waals surface area contributed by atoms with E-state index in [9.17, 15) is 19.2 Å². The summed E-state index contributed by atoms with van der Waals surface area (Å²) in [6.45, 7) is 13.3. The summed E-state index contributed by atoms with van der Waals surface area (Å²) in [5, 5.41) is 13.3. The van der Waals surface area contributed by atoms with Gasteiger partial charge in [0.1, 0.15) is 45.6 Å². The van der Waals surface area contributed by atoms with Gasteiger partial charge in [0.2, 0.25) is 0 Å². The van der Waals surface area contributed by atoms with Gasteiger partial charge in [0.15, 0.2) is 5.82 Å². The zero-order valence-electron chi connectivity index (χ0n) is 34.6. The first-order valence-corrected chi connectivity index (χ1v) is 21.6. The number of carbonyl (C=O) groups is 2. The number of amides is 2. The fraction of sp³-hybridized carbons (Fsp3) is 0.558. The van der Waals surface area contributed by atoms with Crippen molar-refractivity contribution in [3.05, 3.63) is 40.4 Å². The number of alkyl halides is 1. The van der Waals surface area contributed by atoms with Crippen LogP contribution in [0.25, 0.3) is 32.1 Å². The molecule has 12 nitrogen and oxygen atoms in total. The maximum Gasteiger partial charge on any atom is 0.412 e. The molecule has 4 fully saturated rings. The fourth-order valence-electron chi connectivity index (χ4n) is 9.02. The van der Waals surface area contributed by atoms with Crippen LogP contribution in [-0.4, -0.2) is 101 Å². The van der Waals surface area contributed by atoms with Crippen molar-refractivity contribution >= 4 is 66.9 Å². The summed E-state index contributed by atoms with van der Waals surface area (Å²) >= 11 is 7.85. The molecule has 8 rings (SSSR count). The number of nitrogens with one attached hydrogen (secondary N) is 1. The molecule has 1 aliphatic carbocycles. The predicted octanol–water partition coefficient (Wildman–Crippen LogP) is 9.84. The smallest absolute Gasteiger partial charge is 0.412 e. The van der Waals surface area contributed by atoms with E-state index in [2.05, 4.69) is 21.3 Å². The number of hydrogen-bond donors (Lipinski definition) is 1. The van der Waals surface area contributed by atoms with Crippen LogP contribution in [-0.2, 0) is 9.47 Å². The lowest BCUT2D eigenvalue weighted by molar-refractivity contribution is 0.0122. The first-order chi connectivity index (χ1) is 28.3. The van der Waals surface area contributed by atoms with Gasteiger partial charge in [0.25, 0.3) is 0 Å². The Hall–Kier alpha value is -4.59. The molecule has 0 radical (unpaired) electrons. The van der Waals surface area contributed by atoms with Gasteiger partial charge in [-0.1, -0.05) is 24.1 Å². The molecule has 5 heterocycles. The quantitative estimate of drug-likeness (QED) is 0.183. The summed E-state index contributed by atoms with van der Waals surface area (Å²) < 4.78 is 64.7. The molecule has 3 unspecified atom stereocenters. The molecule has 320 valence electrons. The van der Waals surface area contributed by atoms with Crippen LogP contribution >= 0.6 is 22.9 Å². The minimum atomic E-state index is -0.849. The molecule has 3 saturated heterocycles. The minimum Gasteiger partial charge on any atom is -0.463 e. The molecular formula is C43H49ClF3N7O5S. The Kier molecular flexibility index (Phi) is 11.0. The minimum absolute atomic E-state index is 0.0132. The predicted molar refractivity (Wildman–Crippen MR) is 225 cm³/mol. The summed E-state index contributed by atoms with van der Waals surface area (Å²) in [5.74, 6) is -1.13. The lowest BCUT2D eigenvalue weighted by atomic mass is 9.69. The van der Waals surface area contributed by atoms with Gasteiger partial charge >= 0.3 is 18.2 Å². The molecule has 2 amide bonds. The van der Waals surface area contributed by atoms with Gasteiger partial charge < -0.3 is 19.1 Å². The summed E-state index contributed by atoms with van der Waals surface area (Å²) in [7, 11) is 0. The lowest BCUT2D eigenvalue weighted by Crippen LogP contribution is -2.57. The van der Waals surface area contributed by atoms with Crippen molar-refractivity contribution in [2.45, 2.75) is 110 Å². The maximum absolute atomic E-state index is 17.5. The van der Waals surface area contributed by atoms with Crippen molar-refractivity contribution in [3.63, 3.8) is 0 Å². The van der Waals surface area contributed by atoms with E-state index in [1.165, 1.54) is 6.07 Å². The number of benzene rings is 2. The second kappa shape index (κ2) is 15.7. The molecule has 1 N–H and O–H groups in total. The highest BCUT2D eigenvalue weighted by Gasteiger charge is 2.46. The highest BCUT2D eigenvalue weighted by Crippen LogP contribution is 2.48. The first-order valence-electron chi connectivity index (χ1n) is 20.4. The van der Waals surface area contributed by atoms with E-state index in [-0.39, 0.29) is 78.5 Å². The van der Waals surface area contributed by atoms with E-state index < -0.39 is 35.1 Å². The molecule has 2 aromatic heterocycles. The van der Waals surface area contributed by atoms with E-state index >= 15 is 8.78 Å². The largest absolute Gasteiger partial charge is 0.463 e. The summed E-state index contributed by atoms with van der Waals surface area (Å²) in [4.78, 5) is 41.6. The average molecular weight is 868 g/mol. The fourth-order valence-corrected chi connectivity index (χ4v) is 10.4. The number of thiophene rings is 1. The topological polar surface area (TPSA) is 133 Å². The van der Waals surface area contributed by atoms with E-state index in [1.54, 1.807) is 31.7 Å². The summed E-state index contributed by atoms with van der Waals surface area (Å²) in [5.41, 5.74) is -1.93. The number of rotatable bonds is 8. The number of nitriles is 1. The lowest BCUT2D eigenvalue weighted by Gasteiger charge is -2.44. The number of halogens is 4. The number of carbonyl (C=O) groups excluding carboxylic acids is 2. The zero-order valence-corrected chi connectivity index (χ0v) is 36.2. The van der Waals surface area contributed by atoms with Crippen molar-refractivity contribution < 1.29 is 37.0 Å². The third kappa shape index (κ3) is 8.24. The number of hydrogen-bond acceptors (Lipinski definition) is 11. The number of piperazine rings is 1. The number of aromatic nitrogens is 2. The Balaban J connectivity index is 1.21. The summed E-state index contributed by atoms with van der Waals surface area (Å²) in [6.07, 6.45) is 2.72. The van der Waals surface area contributed by atoms with Crippen LogP contribution in [0, 0.1) is 28.4 Å². The van der Waals surface area contributed by atoms with Gasteiger partial charge in [0, 0.05) is 54.5 Å². The van der Waals surface area contributed by atoms with Crippen LogP contribution in [0.15, 0.2) is 18.2 Å². The van der Waals surface area contributed by atoms with Crippen molar-refractivity contribution in [2.24, 2.45) is 5.41 Å². The average Bonchev–Trinajstić information content (AvgIpc) is 3.80. The SMILES string of the molecule is CC(C)(C)OC(=O)Nc1sc2c(F)ccc(-c3c(Cl)cc4c(N5CC6CCC(C5)N6C(=O)OC(C)(C)C)nc(OCC5(CN6CCC(F)C6)CCC5)nc4c3F)c2c1C#N. The van der Waals surface area contributed by atoms with Gasteiger partial charge in [-0.25, -0.2) is 22.8 Å². The molecule has 60 heavy (non-hydrogen) atoms. The number of anilines is 2. The number of likely N-dealkylation sites (tertiary alicyclic amines) is 1. The van der Waals surface area contributed by atoms with E-state index in [0.29, 0.717) is 50.3 Å². The molecule has 1 saturated carbocycles. The van der Waals surface area contributed by atoms with Crippen molar-refractivity contribution in [2.75, 3.05) is 49.5 Å². The molecule has 4 aliphatic rings. The number of nitrogens with zero attached hydrogens (tertiary/aromatic N) is 6. The number of ether oxygens (including phenoxy) is 3. The third-order valence-electron chi connectivity index (χ3n) is 11.7. The van der Waals surface area contributed by atoms with E-state index in [4.69, 9.17) is 30.8 Å². The molecule has 4 aromatic rings. The Bertz CT molecular complexity index is 2390. The normalized spacial score (nSPS) is 21.6. The number of fused-ring (bicyclic) bond motifs is 4. The molecule has 2 bridgehead atoms. The van der Waals surface area contributed by atoms with Gasteiger partial charge in [-0.3, -0.25) is 15.1 Å². The highest BCUT2D eigenvalue weighted by atomic mass is 35.5. The zero-order chi connectivity index (χ0) is 42.9. The van der Waals surface area contributed by atoms with Gasteiger partial charge in [0.05, 0.1) is 34.0 Å². The van der Waals surface area contributed by atoms with E-state index in [0.717, 1.165) is 49.5 Å². The molecule has 3 atom stereocenters. The van der Waals surface area contributed by atoms with E-state index in [1.807, 2.05) is 25.7 Å². The molecule has 17 heteroatoms. The van der Waals surface area contributed by atoms with Crippen LogP contribution in [0.5, 0.6) is 6.01 Å². The Labute approximate surface area is 355 Å². The second-order valence-electron chi connectivity index (χ2n) is 18.6. The molecular weight excluding hydrogens is 819 g/mol. The third-order valence-corrected chi connectivity index (χ3v) is 13.1. The Morgan fingerprint density at radius 1 is 1.03 bits per heavy atom. The first kappa shape index (κ1) is 42.1. The Morgan fingerprint density at radius 3 is 2.33 bits per heavy atom. The second-order valence-corrected chi connectivity index (χ2v) is 20.0. The monoisotopic (exact) mass is 867 g/mol. The van der Waals surface area contributed by atoms with Gasteiger partial charge in [-0.2, -0.15) is 15.2 Å². The van der Waals surface area contributed by atoms with Crippen LogP contribution in [0.1, 0.15) is 85.6 Å². The summed E-state index contributed by atoms with van der Waals surface area (Å²) in [6, 6.07) is 5.72. The standard InChI is InChI=1S/C43H49ClF3N7O5S/c1-41(2,3)58-39(55)51-37-28(17-48)31-26(10-11-30(46)35(31)60-37)32-29(44)16-27-34(33(32)47)49-38(57-22-43(13-7-14-43)21-52-15-12-23(45)18-52)50-36(27)53-19-24-8-9-25(20-53)54(24)40(56)59-42(4,5)6/h10-11,16,23-25H,7-9,12-15,18-22H2,1-6H3,(H,51,55). The highest BCUT2D eigenvalue weighted by molar-refractivity contribution is 7.23.